The van der Waals surface area contributed by atoms with Crippen molar-refractivity contribution in [2.24, 2.45) is 0 Å². The van der Waals surface area contributed by atoms with Crippen molar-refractivity contribution >= 4 is 23.2 Å². The number of rotatable bonds is 2. The van der Waals surface area contributed by atoms with Gasteiger partial charge < -0.3 is 14.4 Å². The maximum absolute atomic E-state index is 12.4. The van der Waals surface area contributed by atoms with Crippen molar-refractivity contribution in [1.29, 1.82) is 0 Å². The van der Waals surface area contributed by atoms with Gasteiger partial charge in [0.25, 0.3) is 5.91 Å². The summed E-state index contributed by atoms with van der Waals surface area (Å²) < 4.78 is 1.88. The van der Waals surface area contributed by atoms with Crippen LogP contribution in [0.5, 0.6) is 0 Å². The molecule has 110 valence electrons. The van der Waals surface area contributed by atoms with E-state index in [0.29, 0.717) is 31.9 Å². The van der Waals surface area contributed by atoms with E-state index in [-0.39, 0.29) is 11.8 Å². The Morgan fingerprint density at radius 3 is 2.33 bits per heavy atom. The van der Waals surface area contributed by atoms with Crippen LogP contribution in [-0.2, 0) is 4.79 Å². The maximum Gasteiger partial charge on any atom is 0.273 e. The molecule has 7 heteroatoms. The molecule has 1 saturated heterocycles. The highest BCUT2D eigenvalue weighted by Gasteiger charge is 2.24. The van der Waals surface area contributed by atoms with Crippen LogP contribution in [0.2, 0.25) is 0 Å². The summed E-state index contributed by atoms with van der Waals surface area (Å²) in [7, 11) is 0. The molecule has 1 aliphatic heterocycles. The van der Waals surface area contributed by atoms with Gasteiger partial charge in [0.05, 0.1) is 0 Å². The zero-order valence-corrected chi connectivity index (χ0v) is 12.5. The predicted octanol–water partition coefficient (Wildman–Crippen LogP) is 1.24. The third-order valence-corrected chi connectivity index (χ3v) is 4.40. The van der Waals surface area contributed by atoms with Gasteiger partial charge in [0, 0.05) is 50.9 Å². The Bertz CT molecular complexity index is 642. The van der Waals surface area contributed by atoms with Gasteiger partial charge in [0.15, 0.2) is 5.13 Å². The lowest BCUT2D eigenvalue weighted by molar-refractivity contribution is -0.130. The Hall–Kier alpha value is -2.15. The molecule has 2 aromatic rings. The van der Waals surface area contributed by atoms with Gasteiger partial charge in [-0.1, -0.05) is 0 Å². The fourth-order valence-electron chi connectivity index (χ4n) is 2.33. The first-order chi connectivity index (χ1) is 10.1. The van der Waals surface area contributed by atoms with Crippen molar-refractivity contribution in [3.63, 3.8) is 0 Å². The minimum Gasteiger partial charge on any atom is -0.339 e. The van der Waals surface area contributed by atoms with Gasteiger partial charge in [-0.3, -0.25) is 9.59 Å². The summed E-state index contributed by atoms with van der Waals surface area (Å²) in [5.41, 5.74) is 0.472. The number of aromatic nitrogens is 2. The van der Waals surface area contributed by atoms with E-state index < -0.39 is 0 Å². The number of hydrogen-bond donors (Lipinski definition) is 0. The number of nitrogens with zero attached hydrogens (tertiary/aromatic N) is 4. The standard InChI is InChI=1S/C14H16N4O2S/c1-11(19)16-6-8-17(9-7-16)13(20)12-10-21-14(15-12)18-4-2-3-5-18/h2-5,10H,6-9H2,1H3. The van der Waals surface area contributed by atoms with Gasteiger partial charge in [0.2, 0.25) is 5.91 Å². The van der Waals surface area contributed by atoms with Crippen LogP contribution in [0, 0.1) is 0 Å². The van der Waals surface area contributed by atoms with Gasteiger partial charge >= 0.3 is 0 Å². The van der Waals surface area contributed by atoms with Crippen LogP contribution in [-0.4, -0.2) is 57.3 Å². The number of carbonyl (C=O) groups excluding carboxylic acids is 2. The van der Waals surface area contributed by atoms with E-state index in [2.05, 4.69) is 4.98 Å². The SMILES string of the molecule is CC(=O)N1CCN(C(=O)c2csc(-n3cccc3)n2)CC1. The molecule has 0 spiro atoms. The molecule has 2 amide bonds. The smallest absolute Gasteiger partial charge is 0.273 e. The summed E-state index contributed by atoms with van der Waals surface area (Å²) in [6.07, 6.45) is 3.80. The average Bonchev–Trinajstić information content (AvgIpc) is 3.17. The van der Waals surface area contributed by atoms with Crippen molar-refractivity contribution in [3.05, 3.63) is 35.6 Å². The fourth-order valence-corrected chi connectivity index (χ4v) is 3.09. The molecular weight excluding hydrogens is 288 g/mol. The molecule has 0 unspecified atom stereocenters. The van der Waals surface area contributed by atoms with Crippen molar-refractivity contribution in [2.45, 2.75) is 6.92 Å². The van der Waals surface area contributed by atoms with Crippen LogP contribution in [0.4, 0.5) is 0 Å². The van der Waals surface area contributed by atoms with E-state index >= 15 is 0 Å². The highest BCUT2D eigenvalue weighted by molar-refractivity contribution is 7.12. The highest BCUT2D eigenvalue weighted by Crippen LogP contribution is 2.17. The third kappa shape index (κ3) is 2.82. The molecular formula is C14H16N4O2S. The molecule has 1 fully saturated rings. The summed E-state index contributed by atoms with van der Waals surface area (Å²) in [5, 5.41) is 2.57. The van der Waals surface area contributed by atoms with E-state index in [1.54, 1.807) is 22.1 Å². The minimum atomic E-state index is -0.0622. The lowest BCUT2D eigenvalue weighted by atomic mass is 10.3. The predicted molar refractivity (Wildman–Crippen MR) is 79.6 cm³/mol. The van der Waals surface area contributed by atoms with E-state index in [4.69, 9.17) is 0 Å². The highest BCUT2D eigenvalue weighted by atomic mass is 32.1. The van der Waals surface area contributed by atoms with Crippen molar-refractivity contribution in [1.82, 2.24) is 19.4 Å². The van der Waals surface area contributed by atoms with Crippen LogP contribution in [0.3, 0.4) is 0 Å². The Labute approximate surface area is 126 Å². The average molecular weight is 304 g/mol. The van der Waals surface area contributed by atoms with E-state index in [9.17, 15) is 9.59 Å². The van der Waals surface area contributed by atoms with Gasteiger partial charge in [-0.05, 0) is 12.1 Å². The summed E-state index contributed by atoms with van der Waals surface area (Å²) in [6.45, 7) is 3.87. The Morgan fingerprint density at radius 2 is 1.71 bits per heavy atom. The second-order valence-corrected chi connectivity index (χ2v) is 5.74. The molecule has 0 bridgehead atoms. The van der Waals surface area contributed by atoms with Crippen LogP contribution in [0.1, 0.15) is 17.4 Å². The molecule has 21 heavy (non-hydrogen) atoms. The molecule has 0 N–H and O–H groups in total. The van der Waals surface area contributed by atoms with Crippen LogP contribution < -0.4 is 0 Å². The second-order valence-electron chi connectivity index (χ2n) is 4.90. The normalized spacial score (nSPS) is 15.3. The zero-order chi connectivity index (χ0) is 14.8. The van der Waals surface area contributed by atoms with Crippen LogP contribution in [0.15, 0.2) is 29.9 Å². The summed E-state index contributed by atoms with van der Waals surface area (Å²) >= 11 is 1.44. The second kappa shape index (κ2) is 5.69. The van der Waals surface area contributed by atoms with Gasteiger partial charge in [-0.15, -0.1) is 11.3 Å². The molecule has 1 aliphatic rings. The monoisotopic (exact) mass is 304 g/mol. The minimum absolute atomic E-state index is 0.0608. The first kappa shape index (κ1) is 13.8. The number of carbonyl (C=O) groups is 2. The molecule has 0 radical (unpaired) electrons. The number of hydrogen-bond acceptors (Lipinski definition) is 4. The molecule has 3 heterocycles. The molecule has 0 aliphatic carbocycles. The van der Waals surface area contributed by atoms with E-state index in [0.717, 1.165) is 5.13 Å². The fraction of sp³-hybridized carbons (Fsp3) is 0.357. The maximum atomic E-state index is 12.4. The zero-order valence-electron chi connectivity index (χ0n) is 11.7. The lowest BCUT2D eigenvalue weighted by Gasteiger charge is -2.33. The van der Waals surface area contributed by atoms with Crippen LogP contribution in [0.25, 0.3) is 5.13 Å². The summed E-state index contributed by atoms with van der Waals surface area (Å²) in [4.78, 5) is 31.6. The largest absolute Gasteiger partial charge is 0.339 e. The van der Waals surface area contributed by atoms with Crippen LogP contribution >= 0.6 is 11.3 Å². The first-order valence-corrected chi connectivity index (χ1v) is 7.67. The summed E-state index contributed by atoms with van der Waals surface area (Å²) in [6, 6.07) is 3.84. The van der Waals surface area contributed by atoms with Crippen molar-refractivity contribution < 1.29 is 9.59 Å². The van der Waals surface area contributed by atoms with Gasteiger partial charge in [-0.25, -0.2) is 4.98 Å². The number of piperazine rings is 1. The first-order valence-electron chi connectivity index (χ1n) is 6.79. The van der Waals surface area contributed by atoms with Gasteiger partial charge in [-0.2, -0.15) is 0 Å². The molecule has 0 atom stereocenters. The Morgan fingerprint density at radius 1 is 1.10 bits per heavy atom. The number of amides is 2. The third-order valence-electron chi connectivity index (χ3n) is 3.55. The Kier molecular flexibility index (Phi) is 3.74. The topological polar surface area (TPSA) is 58.4 Å². The van der Waals surface area contributed by atoms with Crippen molar-refractivity contribution in [2.75, 3.05) is 26.2 Å². The van der Waals surface area contributed by atoms with E-state index in [1.807, 2.05) is 29.1 Å². The molecule has 0 saturated carbocycles. The quantitative estimate of drug-likeness (QED) is 0.838. The lowest BCUT2D eigenvalue weighted by Crippen LogP contribution is -2.50. The Balaban J connectivity index is 1.68. The molecule has 6 nitrogen and oxygen atoms in total. The molecule has 2 aromatic heterocycles. The summed E-state index contributed by atoms with van der Waals surface area (Å²) in [5.74, 6) is -0.00138. The molecule has 0 aromatic carbocycles. The van der Waals surface area contributed by atoms with Gasteiger partial charge in [0.1, 0.15) is 5.69 Å². The molecule has 3 rings (SSSR count). The number of thiazole rings is 1. The van der Waals surface area contributed by atoms with Crippen molar-refractivity contribution in [3.8, 4) is 5.13 Å². The van der Waals surface area contributed by atoms with E-state index in [1.165, 1.54) is 11.3 Å².